The number of hydrogen-bond acceptors (Lipinski definition) is 1. The van der Waals surface area contributed by atoms with Gasteiger partial charge in [0.25, 0.3) is 0 Å². The van der Waals surface area contributed by atoms with E-state index in [2.05, 4.69) is 19.2 Å². The normalized spacial score (nSPS) is 18.7. The molecule has 3 heteroatoms. The lowest BCUT2D eigenvalue weighted by Gasteiger charge is -2.29. The number of benzene rings is 1. The molecular weight excluding hydrogens is 265 g/mol. The van der Waals surface area contributed by atoms with E-state index in [9.17, 15) is 0 Å². The second-order valence-corrected chi connectivity index (χ2v) is 6.51. The Morgan fingerprint density at radius 2 is 1.89 bits per heavy atom. The standard InChI is InChI=1S/C15H21Cl2N/c1-3-15(2,10-18-11-7-8-11)9-12-13(16)5-4-6-14(12)17/h4-6,11,18H,3,7-10H2,1-2H3. The van der Waals surface area contributed by atoms with Gasteiger partial charge >= 0.3 is 0 Å². The third kappa shape index (κ3) is 3.63. The molecule has 0 heterocycles. The Morgan fingerprint density at radius 1 is 1.28 bits per heavy atom. The molecule has 1 saturated carbocycles. The van der Waals surface area contributed by atoms with Crippen molar-refractivity contribution in [3.05, 3.63) is 33.8 Å². The molecule has 2 rings (SSSR count). The van der Waals surface area contributed by atoms with Crippen LogP contribution in [0.5, 0.6) is 0 Å². The average molecular weight is 286 g/mol. The van der Waals surface area contributed by atoms with E-state index >= 15 is 0 Å². The van der Waals surface area contributed by atoms with Crippen LogP contribution in [0.4, 0.5) is 0 Å². The minimum atomic E-state index is 0.219. The summed E-state index contributed by atoms with van der Waals surface area (Å²) in [6.07, 6.45) is 4.70. The van der Waals surface area contributed by atoms with Gasteiger partial charge in [-0.1, -0.05) is 43.1 Å². The third-order valence-electron chi connectivity index (χ3n) is 3.91. The summed E-state index contributed by atoms with van der Waals surface area (Å²) >= 11 is 12.5. The van der Waals surface area contributed by atoms with E-state index in [0.717, 1.165) is 41.0 Å². The minimum absolute atomic E-state index is 0.219. The molecule has 1 aromatic carbocycles. The Labute approximate surface area is 120 Å². The van der Waals surface area contributed by atoms with Gasteiger partial charge in [-0.2, -0.15) is 0 Å². The number of rotatable bonds is 6. The zero-order valence-electron chi connectivity index (χ0n) is 11.1. The number of nitrogens with one attached hydrogen (secondary N) is 1. The molecule has 1 unspecified atom stereocenters. The van der Waals surface area contributed by atoms with Gasteiger partial charge in [0.05, 0.1) is 0 Å². The fourth-order valence-corrected chi connectivity index (χ4v) is 2.65. The largest absolute Gasteiger partial charge is 0.313 e. The van der Waals surface area contributed by atoms with E-state index in [1.165, 1.54) is 12.8 Å². The summed E-state index contributed by atoms with van der Waals surface area (Å²) < 4.78 is 0. The van der Waals surface area contributed by atoms with Crippen LogP contribution in [0.1, 0.15) is 38.7 Å². The first-order valence-electron chi connectivity index (χ1n) is 6.70. The van der Waals surface area contributed by atoms with Gasteiger partial charge in [0.15, 0.2) is 0 Å². The van der Waals surface area contributed by atoms with Crippen molar-refractivity contribution in [3.8, 4) is 0 Å². The van der Waals surface area contributed by atoms with E-state index < -0.39 is 0 Å². The Kier molecular flexibility index (Phi) is 4.58. The maximum absolute atomic E-state index is 6.26. The van der Waals surface area contributed by atoms with Crippen LogP contribution in [0.2, 0.25) is 10.0 Å². The van der Waals surface area contributed by atoms with Crippen LogP contribution in [0, 0.1) is 5.41 Å². The van der Waals surface area contributed by atoms with Crippen molar-refractivity contribution in [3.63, 3.8) is 0 Å². The zero-order valence-corrected chi connectivity index (χ0v) is 12.6. The fourth-order valence-electron chi connectivity index (χ4n) is 2.12. The van der Waals surface area contributed by atoms with Crippen molar-refractivity contribution in [1.29, 1.82) is 0 Å². The molecule has 0 spiro atoms. The van der Waals surface area contributed by atoms with Crippen molar-refractivity contribution < 1.29 is 0 Å². The highest BCUT2D eigenvalue weighted by Crippen LogP contribution is 2.34. The molecule has 1 N–H and O–H groups in total. The highest BCUT2D eigenvalue weighted by atomic mass is 35.5. The van der Waals surface area contributed by atoms with Crippen molar-refractivity contribution in [2.75, 3.05) is 6.54 Å². The number of halogens is 2. The summed E-state index contributed by atoms with van der Waals surface area (Å²) in [4.78, 5) is 0. The van der Waals surface area contributed by atoms with Crippen LogP contribution in [0.25, 0.3) is 0 Å². The lowest BCUT2D eigenvalue weighted by molar-refractivity contribution is 0.289. The van der Waals surface area contributed by atoms with Gasteiger partial charge < -0.3 is 5.32 Å². The molecule has 0 aromatic heterocycles. The molecule has 1 aliphatic carbocycles. The molecule has 18 heavy (non-hydrogen) atoms. The van der Waals surface area contributed by atoms with Gasteiger partial charge in [-0.15, -0.1) is 0 Å². The first-order valence-corrected chi connectivity index (χ1v) is 7.46. The first-order chi connectivity index (χ1) is 8.54. The summed E-state index contributed by atoms with van der Waals surface area (Å²) in [7, 11) is 0. The summed E-state index contributed by atoms with van der Waals surface area (Å²) in [5.41, 5.74) is 1.31. The molecule has 0 amide bonds. The maximum Gasteiger partial charge on any atom is 0.0453 e. The zero-order chi connectivity index (χ0) is 13.2. The van der Waals surface area contributed by atoms with E-state index in [1.807, 2.05) is 18.2 Å². The molecule has 1 nitrogen and oxygen atoms in total. The first kappa shape index (κ1) is 14.2. The molecule has 1 atom stereocenters. The van der Waals surface area contributed by atoms with Gasteiger partial charge in [0, 0.05) is 22.6 Å². The van der Waals surface area contributed by atoms with E-state index in [0.29, 0.717) is 0 Å². The van der Waals surface area contributed by atoms with Crippen molar-refractivity contribution in [1.82, 2.24) is 5.32 Å². The predicted octanol–water partition coefficient (Wildman–Crippen LogP) is 4.70. The highest BCUT2D eigenvalue weighted by Gasteiger charge is 2.28. The SMILES string of the molecule is CCC(C)(CNC1CC1)Cc1c(Cl)cccc1Cl. The monoisotopic (exact) mass is 285 g/mol. The van der Waals surface area contributed by atoms with Gasteiger partial charge in [-0.05, 0) is 48.8 Å². The molecule has 0 saturated heterocycles. The van der Waals surface area contributed by atoms with Crippen molar-refractivity contribution in [2.45, 2.75) is 45.6 Å². The number of hydrogen-bond donors (Lipinski definition) is 1. The van der Waals surface area contributed by atoms with Gasteiger partial charge in [0.1, 0.15) is 0 Å². The smallest absolute Gasteiger partial charge is 0.0453 e. The Hall–Kier alpha value is -0.240. The van der Waals surface area contributed by atoms with Crippen LogP contribution in [-0.2, 0) is 6.42 Å². The predicted molar refractivity (Wildman–Crippen MR) is 79.6 cm³/mol. The average Bonchev–Trinajstić information content (AvgIpc) is 3.16. The second-order valence-electron chi connectivity index (χ2n) is 5.70. The van der Waals surface area contributed by atoms with Crippen LogP contribution in [-0.4, -0.2) is 12.6 Å². The van der Waals surface area contributed by atoms with Crippen LogP contribution >= 0.6 is 23.2 Å². The topological polar surface area (TPSA) is 12.0 Å². The quantitative estimate of drug-likeness (QED) is 0.799. The van der Waals surface area contributed by atoms with E-state index in [1.54, 1.807) is 0 Å². The van der Waals surface area contributed by atoms with Crippen LogP contribution in [0.3, 0.4) is 0 Å². The lowest BCUT2D eigenvalue weighted by atomic mass is 9.81. The lowest BCUT2D eigenvalue weighted by Crippen LogP contribution is -2.34. The maximum atomic E-state index is 6.26. The fraction of sp³-hybridized carbons (Fsp3) is 0.600. The van der Waals surface area contributed by atoms with Gasteiger partial charge in [0.2, 0.25) is 0 Å². The molecule has 1 fully saturated rings. The third-order valence-corrected chi connectivity index (χ3v) is 4.62. The summed E-state index contributed by atoms with van der Waals surface area (Å²) in [6.45, 7) is 5.58. The Morgan fingerprint density at radius 3 is 2.39 bits per heavy atom. The summed E-state index contributed by atoms with van der Waals surface area (Å²) in [5.74, 6) is 0. The minimum Gasteiger partial charge on any atom is -0.313 e. The second kappa shape index (κ2) is 5.81. The summed E-state index contributed by atoms with van der Waals surface area (Å²) in [5, 5.41) is 5.19. The molecular formula is C15H21Cl2N. The van der Waals surface area contributed by atoms with Gasteiger partial charge in [-0.25, -0.2) is 0 Å². The van der Waals surface area contributed by atoms with E-state index in [-0.39, 0.29) is 5.41 Å². The van der Waals surface area contributed by atoms with Gasteiger partial charge in [-0.3, -0.25) is 0 Å². The molecule has 1 aliphatic rings. The molecule has 1 aromatic rings. The van der Waals surface area contributed by atoms with Crippen molar-refractivity contribution in [2.24, 2.45) is 5.41 Å². The summed E-state index contributed by atoms with van der Waals surface area (Å²) in [6, 6.07) is 6.50. The molecule has 0 radical (unpaired) electrons. The Bertz CT molecular complexity index is 395. The Balaban J connectivity index is 2.07. The van der Waals surface area contributed by atoms with Crippen LogP contribution < -0.4 is 5.32 Å². The highest BCUT2D eigenvalue weighted by molar-refractivity contribution is 6.36. The van der Waals surface area contributed by atoms with E-state index in [4.69, 9.17) is 23.2 Å². The van der Waals surface area contributed by atoms with Crippen LogP contribution in [0.15, 0.2) is 18.2 Å². The molecule has 0 bridgehead atoms. The molecule has 0 aliphatic heterocycles. The van der Waals surface area contributed by atoms with Crippen molar-refractivity contribution >= 4 is 23.2 Å². The molecule has 100 valence electrons.